The predicted molar refractivity (Wildman–Crippen MR) is 122 cm³/mol. The molecule has 1 rings (SSSR count). The van der Waals surface area contributed by atoms with Crippen molar-refractivity contribution in [2.75, 3.05) is 20.3 Å². The fourth-order valence-electron chi connectivity index (χ4n) is 1.95. The molecule has 0 aromatic heterocycles. The van der Waals surface area contributed by atoms with Crippen LogP contribution in [0.15, 0.2) is 61.2 Å². The lowest BCUT2D eigenvalue weighted by Gasteiger charge is -2.13. The summed E-state index contributed by atoms with van der Waals surface area (Å²) >= 11 is 0. The van der Waals surface area contributed by atoms with E-state index in [1.807, 2.05) is 0 Å². The number of hydrogen-bond donors (Lipinski definition) is 1. The molecule has 1 atom stereocenters. The molecule has 1 amide bonds. The maximum Gasteiger partial charge on any atom is 0.407 e. The highest BCUT2D eigenvalue weighted by Gasteiger charge is 2.20. The number of amides is 1. The van der Waals surface area contributed by atoms with Gasteiger partial charge in [-0.2, -0.15) is 0 Å². The average molecular weight is 448 g/mol. The third-order valence-corrected chi connectivity index (χ3v) is 3.52. The van der Waals surface area contributed by atoms with Crippen LogP contribution in [0.25, 0.3) is 0 Å². The number of benzene rings is 1. The molecule has 0 bridgehead atoms. The fraction of sp³-hybridized carbons (Fsp3) is 0.375. The summed E-state index contributed by atoms with van der Waals surface area (Å²) in [7, 11) is 1.55. The molecule has 0 saturated carbocycles. The van der Waals surface area contributed by atoms with Crippen molar-refractivity contribution in [2.45, 2.75) is 39.9 Å². The van der Waals surface area contributed by atoms with Gasteiger partial charge in [0.2, 0.25) is 0 Å². The third kappa shape index (κ3) is 12.9. The van der Waals surface area contributed by atoms with E-state index in [9.17, 15) is 14.4 Å². The number of esters is 2. The molecule has 0 radical (unpaired) electrons. The summed E-state index contributed by atoms with van der Waals surface area (Å²) in [4.78, 5) is 35.2. The Morgan fingerprint density at radius 1 is 1.09 bits per heavy atom. The molecule has 1 N–H and O–H groups in total. The van der Waals surface area contributed by atoms with Gasteiger partial charge in [0.1, 0.15) is 25.5 Å². The summed E-state index contributed by atoms with van der Waals surface area (Å²) in [5.41, 5.74) is 1.40. The highest BCUT2D eigenvalue weighted by atomic mass is 16.6. The maximum atomic E-state index is 11.9. The van der Waals surface area contributed by atoms with Crippen molar-refractivity contribution in [1.29, 1.82) is 0 Å². The minimum atomic E-state index is -1.12. The Hall–Kier alpha value is -3.55. The molecule has 1 aromatic carbocycles. The van der Waals surface area contributed by atoms with Crippen molar-refractivity contribution >= 4 is 18.0 Å². The van der Waals surface area contributed by atoms with Gasteiger partial charge in [-0.05, 0) is 30.2 Å². The van der Waals surface area contributed by atoms with Gasteiger partial charge in [0.25, 0.3) is 0 Å². The van der Waals surface area contributed by atoms with E-state index in [0.717, 1.165) is 5.56 Å². The van der Waals surface area contributed by atoms with Crippen molar-refractivity contribution < 1.29 is 33.3 Å². The zero-order valence-electron chi connectivity index (χ0n) is 19.2. The Labute approximate surface area is 189 Å². The summed E-state index contributed by atoms with van der Waals surface area (Å²) in [6.45, 7) is 12.3. The highest BCUT2D eigenvalue weighted by molar-refractivity contribution is 5.82. The van der Waals surface area contributed by atoms with Crippen LogP contribution in [0.1, 0.15) is 32.8 Å². The highest BCUT2D eigenvalue weighted by Crippen LogP contribution is 2.12. The van der Waals surface area contributed by atoms with Crippen LogP contribution >= 0.6 is 0 Å². The second kappa shape index (κ2) is 17.2. The number of rotatable bonds is 11. The molecular weight excluding hydrogens is 414 g/mol. The molecule has 0 aliphatic heterocycles. The SMILES string of the molecule is C=C/C=C(\C=C)COC(=O)NCC(=O)OC(C)C(=O)OCc1ccc(OC)cc1.CCC. The second-order valence-electron chi connectivity index (χ2n) is 6.41. The number of ether oxygens (including phenoxy) is 4. The lowest BCUT2D eigenvalue weighted by Crippen LogP contribution is -2.35. The van der Waals surface area contributed by atoms with E-state index in [1.54, 1.807) is 37.5 Å². The molecule has 0 saturated heterocycles. The number of carbonyl (C=O) groups is 3. The third-order valence-electron chi connectivity index (χ3n) is 3.52. The molecule has 0 heterocycles. The zero-order chi connectivity index (χ0) is 24.4. The van der Waals surface area contributed by atoms with Gasteiger partial charge in [-0.1, -0.05) is 63.8 Å². The van der Waals surface area contributed by atoms with Crippen LogP contribution < -0.4 is 10.1 Å². The first-order valence-corrected chi connectivity index (χ1v) is 10.1. The van der Waals surface area contributed by atoms with Gasteiger partial charge in [-0.3, -0.25) is 4.79 Å². The van der Waals surface area contributed by atoms with Crippen LogP contribution in [0.2, 0.25) is 0 Å². The van der Waals surface area contributed by atoms with Crippen molar-refractivity contribution in [3.8, 4) is 5.75 Å². The number of allylic oxidation sites excluding steroid dienone is 2. The number of carbonyl (C=O) groups excluding carboxylic acids is 3. The van der Waals surface area contributed by atoms with Gasteiger partial charge in [0.05, 0.1) is 7.11 Å². The maximum absolute atomic E-state index is 11.9. The summed E-state index contributed by atoms with van der Waals surface area (Å²) in [5, 5.41) is 2.23. The monoisotopic (exact) mass is 447 g/mol. The minimum Gasteiger partial charge on any atom is -0.497 e. The van der Waals surface area contributed by atoms with E-state index in [-0.39, 0.29) is 13.2 Å². The van der Waals surface area contributed by atoms with Gasteiger partial charge in [0.15, 0.2) is 6.10 Å². The molecule has 176 valence electrons. The zero-order valence-corrected chi connectivity index (χ0v) is 19.2. The Balaban J connectivity index is 0.00000302. The normalized spacial score (nSPS) is 11.1. The van der Waals surface area contributed by atoms with Crippen molar-refractivity contribution in [1.82, 2.24) is 5.32 Å². The van der Waals surface area contributed by atoms with Gasteiger partial charge >= 0.3 is 18.0 Å². The topological polar surface area (TPSA) is 100 Å². The lowest BCUT2D eigenvalue weighted by molar-refractivity contribution is -0.166. The van der Waals surface area contributed by atoms with Crippen LogP contribution in [0.3, 0.4) is 0 Å². The summed E-state index contributed by atoms with van der Waals surface area (Å²) < 4.78 is 20.0. The Kier molecular flexibility index (Phi) is 15.3. The first-order valence-electron chi connectivity index (χ1n) is 10.1. The fourth-order valence-corrected chi connectivity index (χ4v) is 1.95. The molecule has 1 aromatic rings. The quantitative estimate of drug-likeness (QED) is 0.309. The largest absolute Gasteiger partial charge is 0.497 e. The van der Waals surface area contributed by atoms with E-state index < -0.39 is 30.7 Å². The van der Waals surface area contributed by atoms with Gasteiger partial charge in [-0.15, -0.1) is 0 Å². The Morgan fingerprint density at radius 2 is 1.72 bits per heavy atom. The first kappa shape index (κ1) is 28.5. The standard InChI is InChI=1S/C21H25NO7.C3H8/c1-5-7-16(6-2)13-28-21(25)22-12-19(23)29-15(3)20(24)27-14-17-8-10-18(26-4)11-9-17;1-3-2/h5-11,15H,1-2,12-14H2,3-4H3,(H,22,25);3H2,1-2H3/b16-7+;. The molecule has 0 aliphatic rings. The van der Waals surface area contributed by atoms with Gasteiger partial charge in [0, 0.05) is 0 Å². The molecule has 0 fully saturated rings. The molecule has 0 spiro atoms. The van der Waals surface area contributed by atoms with Crippen LogP contribution in [0.4, 0.5) is 4.79 Å². The van der Waals surface area contributed by atoms with Crippen LogP contribution in [0.5, 0.6) is 5.75 Å². The van der Waals surface area contributed by atoms with E-state index in [2.05, 4.69) is 32.3 Å². The first-order chi connectivity index (χ1) is 15.3. The van der Waals surface area contributed by atoms with Crippen molar-refractivity contribution in [3.63, 3.8) is 0 Å². The molecule has 0 aliphatic carbocycles. The molecule has 8 nitrogen and oxygen atoms in total. The van der Waals surface area contributed by atoms with E-state index in [4.69, 9.17) is 18.9 Å². The average Bonchev–Trinajstić information content (AvgIpc) is 2.79. The molecular formula is C24H33NO7. The van der Waals surface area contributed by atoms with Gasteiger partial charge < -0.3 is 24.3 Å². The van der Waals surface area contributed by atoms with E-state index >= 15 is 0 Å². The number of nitrogens with one attached hydrogen (secondary N) is 1. The van der Waals surface area contributed by atoms with Crippen LogP contribution in [0, 0.1) is 0 Å². The van der Waals surface area contributed by atoms with E-state index in [1.165, 1.54) is 25.5 Å². The summed E-state index contributed by atoms with van der Waals surface area (Å²) in [6, 6.07) is 6.98. The van der Waals surface area contributed by atoms with Crippen molar-refractivity contribution in [3.05, 3.63) is 66.8 Å². The Bertz CT molecular complexity index is 769. The number of methoxy groups -OCH3 is 1. The van der Waals surface area contributed by atoms with Gasteiger partial charge in [-0.25, -0.2) is 9.59 Å². The smallest absolute Gasteiger partial charge is 0.407 e. The van der Waals surface area contributed by atoms with Crippen LogP contribution in [-0.4, -0.2) is 44.4 Å². The summed E-state index contributed by atoms with van der Waals surface area (Å²) in [6.07, 6.45) is 4.00. The minimum absolute atomic E-state index is 0.0233. The molecule has 32 heavy (non-hydrogen) atoms. The number of hydrogen-bond acceptors (Lipinski definition) is 7. The summed E-state index contributed by atoms with van der Waals surface area (Å²) in [5.74, 6) is -0.825. The second-order valence-corrected chi connectivity index (χ2v) is 6.41. The predicted octanol–water partition coefficient (Wildman–Crippen LogP) is 4.11. The van der Waals surface area contributed by atoms with E-state index in [0.29, 0.717) is 11.3 Å². The number of alkyl carbamates (subject to hydrolysis) is 1. The molecule has 8 heteroatoms. The van der Waals surface area contributed by atoms with Crippen LogP contribution in [-0.2, 0) is 30.4 Å². The lowest BCUT2D eigenvalue weighted by atomic mass is 10.2. The molecule has 1 unspecified atom stereocenters. The van der Waals surface area contributed by atoms with Crippen molar-refractivity contribution in [2.24, 2.45) is 0 Å². The Morgan fingerprint density at radius 3 is 2.25 bits per heavy atom.